The van der Waals surface area contributed by atoms with Gasteiger partial charge < -0.3 is 19.7 Å². The van der Waals surface area contributed by atoms with E-state index in [1.165, 1.54) is 11.8 Å². The van der Waals surface area contributed by atoms with E-state index in [-0.39, 0.29) is 11.8 Å². The Bertz CT molecular complexity index is 894. The smallest absolute Gasteiger partial charge is 0.256 e. The lowest BCUT2D eigenvalue weighted by molar-refractivity contribution is -0.127. The molecule has 0 aromatic heterocycles. The van der Waals surface area contributed by atoms with Crippen molar-refractivity contribution in [2.45, 2.75) is 24.7 Å². The molecule has 1 fully saturated rings. The standard InChI is InChI=1S/C22H26N2O4S/c1-15-12-18(27-2)19(28-3)13-17(15)23-22(26)16-8-4-5-9-20(16)29-14-21(25)24-10-6-7-11-24/h4-5,8-9,12-13H,6-7,10-11,14H2,1-3H3,(H,23,26). The number of carbonyl (C=O) groups excluding carboxylic acids is 2. The number of hydrogen-bond donors (Lipinski definition) is 1. The summed E-state index contributed by atoms with van der Waals surface area (Å²) in [4.78, 5) is 28.0. The van der Waals surface area contributed by atoms with Crippen LogP contribution in [-0.4, -0.2) is 49.8 Å². The van der Waals surface area contributed by atoms with Gasteiger partial charge in [-0.25, -0.2) is 0 Å². The van der Waals surface area contributed by atoms with Crippen molar-refractivity contribution in [1.82, 2.24) is 4.90 Å². The molecule has 3 rings (SSSR count). The molecule has 0 spiro atoms. The number of carbonyl (C=O) groups is 2. The van der Waals surface area contributed by atoms with Gasteiger partial charge in [0.15, 0.2) is 11.5 Å². The second-order valence-electron chi connectivity index (χ2n) is 6.85. The number of methoxy groups -OCH3 is 2. The number of aryl methyl sites for hydroxylation is 1. The van der Waals surface area contributed by atoms with E-state index in [4.69, 9.17) is 9.47 Å². The lowest BCUT2D eigenvalue weighted by atomic mass is 10.1. The third-order valence-electron chi connectivity index (χ3n) is 4.92. The number of ether oxygens (including phenoxy) is 2. The van der Waals surface area contributed by atoms with Gasteiger partial charge in [-0.1, -0.05) is 12.1 Å². The summed E-state index contributed by atoms with van der Waals surface area (Å²) >= 11 is 1.40. The molecule has 1 N–H and O–H groups in total. The van der Waals surface area contributed by atoms with Crippen molar-refractivity contribution >= 4 is 29.3 Å². The van der Waals surface area contributed by atoms with Crippen LogP contribution < -0.4 is 14.8 Å². The Morgan fingerprint density at radius 1 is 1.07 bits per heavy atom. The molecular formula is C22H26N2O4S. The molecule has 1 saturated heterocycles. The Hall–Kier alpha value is -2.67. The quantitative estimate of drug-likeness (QED) is 0.694. The highest BCUT2D eigenvalue weighted by atomic mass is 32.2. The molecule has 0 radical (unpaired) electrons. The van der Waals surface area contributed by atoms with Crippen molar-refractivity contribution in [2.75, 3.05) is 38.4 Å². The maximum absolute atomic E-state index is 13.0. The zero-order chi connectivity index (χ0) is 20.8. The van der Waals surface area contributed by atoms with E-state index in [9.17, 15) is 9.59 Å². The number of nitrogens with one attached hydrogen (secondary N) is 1. The van der Waals surface area contributed by atoms with Crippen LogP contribution in [0.25, 0.3) is 0 Å². The fourth-order valence-corrected chi connectivity index (χ4v) is 4.23. The van der Waals surface area contributed by atoms with Crippen molar-refractivity contribution in [2.24, 2.45) is 0 Å². The van der Waals surface area contributed by atoms with Crippen LogP contribution in [0.2, 0.25) is 0 Å². The number of likely N-dealkylation sites (tertiary alicyclic amines) is 1. The minimum atomic E-state index is -0.225. The molecule has 0 unspecified atom stereocenters. The van der Waals surface area contributed by atoms with Crippen LogP contribution >= 0.6 is 11.8 Å². The molecule has 154 valence electrons. The number of amides is 2. The fraction of sp³-hybridized carbons (Fsp3) is 0.364. The molecule has 0 bridgehead atoms. The van der Waals surface area contributed by atoms with Gasteiger partial charge >= 0.3 is 0 Å². The average Bonchev–Trinajstić information content (AvgIpc) is 3.28. The number of thioether (sulfide) groups is 1. The third-order valence-corrected chi connectivity index (χ3v) is 5.98. The second kappa shape index (κ2) is 9.69. The Morgan fingerprint density at radius 3 is 2.41 bits per heavy atom. The van der Waals surface area contributed by atoms with Crippen LogP contribution in [0.3, 0.4) is 0 Å². The zero-order valence-electron chi connectivity index (χ0n) is 17.0. The predicted molar refractivity (Wildman–Crippen MR) is 115 cm³/mol. The van der Waals surface area contributed by atoms with E-state index in [1.807, 2.05) is 36.1 Å². The normalized spacial score (nSPS) is 13.3. The molecule has 2 aromatic rings. The van der Waals surface area contributed by atoms with Gasteiger partial charge in [0.05, 0.1) is 25.5 Å². The first-order chi connectivity index (χ1) is 14.0. The van der Waals surface area contributed by atoms with Gasteiger partial charge in [-0.3, -0.25) is 9.59 Å². The predicted octanol–water partition coefficient (Wildman–Crippen LogP) is 3.98. The van der Waals surface area contributed by atoms with Gasteiger partial charge in [-0.05, 0) is 43.5 Å². The van der Waals surface area contributed by atoms with Crippen molar-refractivity contribution in [1.29, 1.82) is 0 Å². The van der Waals surface area contributed by atoms with Gasteiger partial charge in [0.1, 0.15) is 0 Å². The summed E-state index contributed by atoms with van der Waals surface area (Å²) in [5.41, 5.74) is 2.06. The van der Waals surface area contributed by atoms with E-state index in [0.717, 1.165) is 36.4 Å². The molecule has 1 aliphatic rings. The van der Waals surface area contributed by atoms with Crippen molar-refractivity contribution in [3.05, 3.63) is 47.5 Å². The summed E-state index contributed by atoms with van der Waals surface area (Å²) < 4.78 is 10.6. The molecule has 7 heteroatoms. The maximum atomic E-state index is 13.0. The highest BCUT2D eigenvalue weighted by molar-refractivity contribution is 8.00. The zero-order valence-corrected chi connectivity index (χ0v) is 17.8. The molecule has 0 atom stereocenters. The Kier molecular flexibility index (Phi) is 7.04. The van der Waals surface area contributed by atoms with E-state index in [1.54, 1.807) is 26.4 Å². The number of anilines is 1. The molecular weight excluding hydrogens is 388 g/mol. The molecule has 1 heterocycles. The summed E-state index contributed by atoms with van der Waals surface area (Å²) in [5, 5.41) is 2.95. The summed E-state index contributed by atoms with van der Waals surface area (Å²) in [7, 11) is 3.13. The SMILES string of the molecule is COc1cc(C)c(NC(=O)c2ccccc2SCC(=O)N2CCCC2)cc1OC. The second-order valence-corrected chi connectivity index (χ2v) is 7.87. The van der Waals surface area contributed by atoms with Crippen LogP contribution in [-0.2, 0) is 4.79 Å². The first-order valence-electron chi connectivity index (χ1n) is 9.57. The summed E-state index contributed by atoms with van der Waals surface area (Å²) in [6.07, 6.45) is 2.14. The fourth-order valence-electron chi connectivity index (χ4n) is 3.28. The van der Waals surface area contributed by atoms with E-state index < -0.39 is 0 Å². The maximum Gasteiger partial charge on any atom is 0.256 e. The Labute approximate surface area is 175 Å². The largest absolute Gasteiger partial charge is 0.493 e. The molecule has 2 amide bonds. The number of nitrogens with zero attached hydrogens (tertiary/aromatic N) is 1. The van der Waals surface area contributed by atoms with E-state index in [0.29, 0.717) is 28.5 Å². The molecule has 0 saturated carbocycles. The molecule has 0 aliphatic carbocycles. The van der Waals surface area contributed by atoms with Gasteiger partial charge in [-0.2, -0.15) is 0 Å². The summed E-state index contributed by atoms with van der Waals surface area (Å²) in [6.45, 7) is 3.56. The first-order valence-corrected chi connectivity index (χ1v) is 10.6. The van der Waals surface area contributed by atoms with Gasteiger partial charge in [0, 0.05) is 29.7 Å². The van der Waals surface area contributed by atoms with Crippen LogP contribution in [0.15, 0.2) is 41.3 Å². The topological polar surface area (TPSA) is 67.9 Å². The van der Waals surface area contributed by atoms with Crippen molar-refractivity contribution in [3.8, 4) is 11.5 Å². The van der Waals surface area contributed by atoms with Crippen molar-refractivity contribution < 1.29 is 19.1 Å². The molecule has 2 aromatic carbocycles. The van der Waals surface area contributed by atoms with Crippen molar-refractivity contribution in [3.63, 3.8) is 0 Å². The summed E-state index contributed by atoms with van der Waals surface area (Å²) in [5.74, 6) is 1.39. The lowest BCUT2D eigenvalue weighted by Crippen LogP contribution is -2.29. The monoisotopic (exact) mass is 414 g/mol. The Morgan fingerprint density at radius 2 is 1.72 bits per heavy atom. The van der Waals surface area contributed by atoms with Gasteiger partial charge in [0.25, 0.3) is 5.91 Å². The highest BCUT2D eigenvalue weighted by Crippen LogP contribution is 2.33. The van der Waals surface area contributed by atoms with Crippen LogP contribution in [0, 0.1) is 6.92 Å². The van der Waals surface area contributed by atoms with E-state index in [2.05, 4.69) is 5.32 Å². The molecule has 1 aliphatic heterocycles. The Balaban J connectivity index is 1.74. The highest BCUT2D eigenvalue weighted by Gasteiger charge is 2.20. The van der Waals surface area contributed by atoms with Crippen LogP contribution in [0.4, 0.5) is 5.69 Å². The number of hydrogen-bond acceptors (Lipinski definition) is 5. The third kappa shape index (κ3) is 5.03. The molecule has 29 heavy (non-hydrogen) atoms. The van der Waals surface area contributed by atoms with Gasteiger partial charge in [0.2, 0.25) is 5.91 Å². The average molecular weight is 415 g/mol. The first kappa shape index (κ1) is 21.0. The van der Waals surface area contributed by atoms with E-state index >= 15 is 0 Å². The number of benzene rings is 2. The minimum Gasteiger partial charge on any atom is -0.493 e. The number of rotatable bonds is 7. The lowest BCUT2D eigenvalue weighted by Gasteiger charge is -2.16. The van der Waals surface area contributed by atoms with Crippen LogP contribution in [0.1, 0.15) is 28.8 Å². The molecule has 6 nitrogen and oxygen atoms in total. The minimum absolute atomic E-state index is 0.124. The van der Waals surface area contributed by atoms with Crippen LogP contribution in [0.5, 0.6) is 11.5 Å². The van der Waals surface area contributed by atoms with Gasteiger partial charge in [-0.15, -0.1) is 11.8 Å². The summed E-state index contributed by atoms with van der Waals surface area (Å²) in [6, 6.07) is 10.9.